The third-order valence-corrected chi connectivity index (χ3v) is 5.77. The van der Waals surface area contributed by atoms with Crippen molar-refractivity contribution in [3.8, 4) is 0 Å². The molecule has 0 bridgehead atoms. The first kappa shape index (κ1) is 15.7. The van der Waals surface area contributed by atoms with Crippen LogP contribution in [-0.4, -0.2) is 34.1 Å². The fourth-order valence-electron chi connectivity index (χ4n) is 2.95. The van der Waals surface area contributed by atoms with Gasteiger partial charge in [-0.25, -0.2) is 4.98 Å². The Morgan fingerprint density at radius 2 is 2.18 bits per heavy atom. The van der Waals surface area contributed by atoms with Crippen LogP contribution in [0, 0.1) is 0 Å². The van der Waals surface area contributed by atoms with Crippen molar-refractivity contribution in [2.45, 2.75) is 38.8 Å². The Morgan fingerprint density at radius 3 is 2.82 bits per heavy atom. The quantitative estimate of drug-likeness (QED) is 0.944. The van der Waals surface area contributed by atoms with Crippen LogP contribution in [0.3, 0.4) is 0 Å². The van der Waals surface area contributed by atoms with Crippen LogP contribution in [0.15, 0.2) is 24.5 Å². The number of hydrogen-bond donors (Lipinski definition) is 1. The van der Waals surface area contributed by atoms with Crippen LogP contribution in [0.25, 0.3) is 0 Å². The number of nitrogens with one attached hydrogen (secondary N) is 1. The highest BCUT2D eigenvalue weighted by Gasteiger charge is 2.27. The molecule has 1 atom stereocenters. The van der Waals surface area contributed by atoms with Gasteiger partial charge in [-0.15, -0.1) is 11.3 Å². The largest absolute Gasteiger partial charge is 0.337 e. The third-order valence-electron chi connectivity index (χ3n) is 4.27. The summed E-state index contributed by atoms with van der Waals surface area (Å²) in [5.74, 6) is 1.15. The van der Waals surface area contributed by atoms with Gasteiger partial charge in [0.1, 0.15) is 5.82 Å². The van der Waals surface area contributed by atoms with Crippen LogP contribution in [0.4, 0.5) is 0 Å². The highest BCUT2D eigenvalue weighted by molar-refractivity contribution is 7.12. The molecule has 1 saturated heterocycles. The molecule has 5 heteroatoms. The Kier molecular flexibility index (Phi) is 4.39. The maximum absolute atomic E-state index is 4.56. The van der Waals surface area contributed by atoms with Gasteiger partial charge in [0.25, 0.3) is 0 Å². The summed E-state index contributed by atoms with van der Waals surface area (Å²) in [7, 11) is 2.08. The van der Waals surface area contributed by atoms with E-state index < -0.39 is 0 Å². The summed E-state index contributed by atoms with van der Waals surface area (Å²) in [4.78, 5) is 10.0. The molecule has 0 radical (unpaired) electrons. The van der Waals surface area contributed by atoms with E-state index in [0.717, 1.165) is 32.0 Å². The topological polar surface area (TPSA) is 33.1 Å². The summed E-state index contributed by atoms with van der Waals surface area (Å²) in [6.07, 6.45) is 3.93. The van der Waals surface area contributed by atoms with E-state index in [4.69, 9.17) is 0 Å². The van der Waals surface area contributed by atoms with E-state index in [1.165, 1.54) is 9.75 Å². The molecule has 1 fully saturated rings. The van der Waals surface area contributed by atoms with E-state index in [1.54, 1.807) is 0 Å². The standard InChI is InChI=1S/C17H26N4S/c1-17(2,3)15-6-5-13(22-15)12-21-10-7-18-11-14(21)16-19-8-9-20(16)4/h5-6,8-9,14,18H,7,10-12H2,1-4H3. The predicted octanol–water partition coefficient (Wildman–Crippen LogP) is 2.93. The van der Waals surface area contributed by atoms with Gasteiger partial charge in [0.2, 0.25) is 0 Å². The molecule has 2 aromatic heterocycles. The molecule has 0 spiro atoms. The first-order valence-electron chi connectivity index (χ1n) is 7.96. The molecule has 3 rings (SSSR count). The highest BCUT2D eigenvalue weighted by Crippen LogP contribution is 2.31. The zero-order valence-corrected chi connectivity index (χ0v) is 14.8. The zero-order valence-electron chi connectivity index (χ0n) is 14.0. The number of aromatic nitrogens is 2. The molecule has 0 saturated carbocycles. The van der Waals surface area contributed by atoms with Crippen LogP contribution in [0.2, 0.25) is 0 Å². The van der Waals surface area contributed by atoms with Crippen LogP contribution < -0.4 is 5.32 Å². The number of thiophene rings is 1. The average molecular weight is 318 g/mol. The first-order valence-corrected chi connectivity index (χ1v) is 8.78. The number of nitrogens with zero attached hydrogens (tertiary/aromatic N) is 3. The van der Waals surface area contributed by atoms with Gasteiger partial charge < -0.3 is 9.88 Å². The third kappa shape index (κ3) is 3.26. The summed E-state index contributed by atoms with van der Waals surface area (Å²) in [5.41, 5.74) is 0.242. The Labute approximate surface area is 137 Å². The van der Waals surface area contributed by atoms with Crippen molar-refractivity contribution in [3.63, 3.8) is 0 Å². The Hall–Kier alpha value is -1.17. The molecule has 2 aromatic rings. The van der Waals surface area contributed by atoms with E-state index in [0.29, 0.717) is 6.04 Å². The number of imidazole rings is 1. The normalized spacial score (nSPS) is 20.5. The first-order chi connectivity index (χ1) is 10.4. The summed E-state index contributed by atoms with van der Waals surface area (Å²) in [6.45, 7) is 11.0. The fourth-order valence-corrected chi connectivity index (χ4v) is 4.05. The molecular weight excluding hydrogens is 292 g/mol. The molecule has 120 valence electrons. The van der Waals surface area contributed by atoms with Crippen molar-refractivity contribution < 1.29 is 0 Å². The Morgan fingerprint density at radius 1 is 1.36 bits per heavy atom. The van der Waals surface area contributed by atoms with Gasteiger partial charge in [-0.3, -0.25) is 4.90 Å². The Balaban J connectivity index is 1.77. The van der Waals surface area contributed by atoms with E-state index >= 15 is 0 Å². The molecule has 4 nitrogen and oxygen atoms in total. The molecule has 1 aliphatic rings. The Bertz CT molecular complexity index is 623. The van der Waals surface area contributed by atoms with E-state index in [1.807, 2.05) is 23.7 Å². The second-order valence-corrected chi connectivity index (χ2v) is 8.27. The molecule has 0 aromatic carbocycles. The monoisotopic (exact) mass is 318 g/mol. The summed E-state index contributed by atoms with van der Waals surface area (Å²) in [6, 6.07) is 4.94. The predicted molar refractivity (Wildman–Crippen MR) is 92.2 cm³/mol. The highest BCUT2D eigenvalue weighted by atomic mass is 32.1. The van der Waals surface area contributed by atoms with Crippen molar-refractivity contribution >= 4 is 11.3 Å². The lowest BCUT2D eigenvalue weighted by Gasteiger charge is -2.35. The second-order valence-electron chi connectivity index (χ2n) is 7.10. The van der Waals surface area contributed by atoms with Crippen molar-refractivity contribution in [3.05, 3.63) is 40.1 Å². The molecule has 3 heterocycles. The molecule has 1 N–H and O–H groups in total. The molecule has 0 aliphatic carbocycles. The van der Waals surface area contributed by atoms with Crippen LogP contribution in [0.1, 0.15) is 42.4 Å². The van der Waals surface area contributed by atoms with E-state index in [9.17, 15) is 0 Å². The van der Waals surface area contributed by atoms with Gasteiger partial charge in [-0.2, -0.15) is 0 Å². The average Bonchev–Trinajstić information content (AvgIpc) is 3.08. The second kappa shape index (κ2) is 6.14. The van der Waals surface area contributed by atoms with E-state index in [-0.39, 0.29) is 5.41 Å². The van der Waals surface area contributed by atoms with Gasteiger partial charge in [-0.05, 0) is 17.5 Å². The molecule has 1 unspecified atom stereocenters. The molecule has 1 aliphatic heterocycles. The SMILES string of the molecule is Cn1ccnc1C1CNCCN1Cc1ccc(C(C)(C)C)s1. The van der Waals surface area contributed by atoms with Crippen LogP contribution in [0.5, 0.6) is 0 Å². The zero-order chi connectivity index (χ0) is 15.7. The summed E-state index contributed by atoms with van der Waals surface area (Å²) < 4.78 is 2.14. The smallest absolute Gasteiger partial charge is 0.127 e. The van der Waals surface area contributed by atoms with Gasteiger partial charge >= 0.3 is 0 Å². The van der Waals surface area contributed by atoms with Crippen molar-refractivity contribution in [2.24, 2.45) is 7.05 Å². The maximum Gasteiger partial charge on any atom is 0.127 e. The minimum absolute atomic E-state index is 0.242. The lowest BCUT2D eigenvalue weighted by molar-refractivity contribution is 0.146. The number of hydrogen-bond acceptors (Lipinski definition) is 4. The maximum atomic E-state index is 4.56. The van der Waals surface area contributed by atoms with Crippen molar-refractivity contribution in [1.82, 2.24) is 19.8 Å². The molecule has 0 amide bonds. The van der Waals surface area contributed by atoms with Crippen LogP contribution >= 0.6 is 11.3 Å². The van der Waals surface area contributed by atoms with Crippen molar-refractivity contribution in [2.75, 3.05) is 19.6 Å². The van der Waals surface area contributed by atoms with Gasteiger partial charge in [0.15, 0.2) is 0 Å². The lowest BCUT2D eigenvalue weighted by Crippen LogP contribution is -2.46. The van der Waals surface area contributed by atoms with Crippen molar-refractivity contribution in [1.29, 1.82) is 0 Å². The molecule has 22 heavy (non-hydrogen) atoms. The minimum Gasteiger partial charge on any atom is -0.337 e. The van der Waals surface area contributed by atoms with Crippen LogP contribution in [-0.2, 0) is 19.0 Å². The van der Waals surface area contributed by atoms with Gasteiger partial charge in [0.05, 0.1) is 6.04 Å². The number of rotatable bonds is 3. The lowest BCUT2D eigenvalue weighted by atomic mass is 9.95. The molecular formula is C17H26N4S. The van der Waals surface area contributed by atoms with Gasteiger partial charge in [-0.1, -0.05) is 20.8 Å². The van der Waals surface area contributed by atoms with Gasteiger partial charge in [0, 0.05) is 55.4 Å². The summed E-state index contributed by atoms with van der Waals surface area (Å²) >= 11 is 1.95. The summed E-state index contributed by atoms with van der Waals surface area (Å²) in [5, 5.41) is 3.50. The fraction of sp³-hybridized carbons (Fsp3) is 0.588. The number of piperazine rings is 1. The van der Waals surface area contributed by atoms with E-state index in [2.05, 4.69) is 59.7 Å². The number of aryl methyl sites for hydroxylation is 1. The minimum atomic E-state index is 0.242.